The Morgan fingerprint density at radius 1 is 0.379 bits per heavy atom. The molecule has 0 aliphatic heterocycles. The Labute approximate surface area is 345 Å². The Morgan fingerprint density at radius 2 is 0.966 bits per heavy atom. The number of fused-ring (bicyclic) bond motifs is 9. The van der Waals surface area contributed by atoms with E-state index in [-0.39, 0.29) is 0 Å². The van der Waals surface area contributed by atoms with E-state index in [0.717, 1.165) is 11.4 Å². The third-order valence-corrected chi connectivity index (χ3v) is 15.2. The molecule has 9 aromatic carbocycles. The van der Waals surface area contributed by atoms with Crippen molar-refractivity contribution in [1.29, 1.82) is 0 Å². The number of nitrogens with zero attached hydrogens (tertiary/aromatic N) is 2. The molecule has 0 fully saturated rings. The molecule has 58 heavy (non-hydrogen) atoms. The zero-order valence-corrected chi connectivity index (χ0v) is 33.9. The van der Waals surface area contributed by atoms with Crippen LogP contribution in [0.5, 0.6) is 0 Å². The van der Waals surface area contributed by atoms with Gasteiger partial charge in [0, 0.05) is 21.2 Å². The number of benzene rings is 9. The SMILES string of the molecule is c1ccc(-n2c3ccccc3c3ccc(-c4ccc(N(c5ccc(-c6ccc7[se]c8ccccc8c7c6)cc5)c5cccc6sc7ccccc7c56)cc4)cc32)cc1. The molecule has 0 amide bonds. The molecule has 4 heteroatoms. The van der Waals surface area contributed by atoms with Crippen LogP contribution in [0.15, 0.2) is 206 Å². The third-order valence-electron chi connectivity index (χ3n) is 11.6. The van der Waals surface area contributed by atoms with Crippen molar-refractivity contribution >= 4 is 104 Å². The third kappa shape index (κ3) is 5.38. The minimum Gasteiger partial charge on any atom is -0.0602 e. The first-order valence-electron chi connectivity index (χ1n) is 19.7. The fourth-order valence-corrected chi connectivity index (χ4v) is 12.3. The molecule has 272 valence electrons. The van der Waals surface area contributed by atoms with Crippen LogP contribution in [0.25, 0.3) is 89.2 Å². The van der Waals surface area contributed by atoms with Gasteiger partial charge in [0.2, 0.25) is 0 Å². The molecule has 0 unspecified atom stereocenters. The predicted octanol–water partition coefficient (Wildman–Crippen LogP) is 15.3. The van der Waals surface area contributed by atoms with Gasteiger partial charge in [0.05, 0.1) is 11.0 Å². The molecular formula is C54H34N2SSe. The standard InChI is InChI=1S/C54H34N2SSe/c1-2-11-39(12-3-1)56-47-16-7-4-13-42(47)43-31-25-38(34-49(43)56)36-23-29-41(30-24-36)55(48-17-10-19-51-54(48)45-15-5-8-18-50(45)57-51)40-27-21-35(22-28-40)37-26-32-53-46(33-37)44-14-6-9-20-52(44)58-53/h1-34H. The van der Waals surface area contributed by atoms with Crippen LogP contribution in [0.2, 0.25) is 0 Å². The fraction of sp³-hybridized carbons (Fsp3) is 0. The van der Waals surface area contributed by atoms with Crippen LogP contribution in [0.3, 0.4) is 0 Å². The zero-order chi connectivity index (χ0) is 38.2. The van der Waals surface area contributed by atoms with E-state index in [1.807, 2.05) is 11.3 Å². The number of thiophene rings is 1. The topological polar surface area (TPSA) is 8.17 Å². The number of aromatic nitrogens is 1. The summed E-state index contributed by atoms with van der Waals surface area (Å²) in [5.74, 6) is 0. The first-order chi connectivity index (χ1) is 28.7. The van der Waals surface area contributed by atoms with Gasteiger partial charge in [-0.3, -0.25) is 0 Å². The van der Waals surface area contributed by atoms with Gasteiger partial charge in [0.1, 0.15) is 0 Å². The molecular weight excluding hydrogens is 788 g/mol. The van der Waals surface area contributed by atoms with Crippen molar-refractivity contribution in [2.75, 3.05) is 4.90 Å². The van der Waals surface area contributed by atoms with Crippen molar-refractivity contribution in [2.45, 2.75) is 0 Å². The van der Waals surface area contributed by atoms with Crippen molar-refractivity contribution < 1.29 is 0 Å². The van der Waals surface area contributed by atoms with Gasteiger partial charge < -0.3 is 4.57 Å². The molecule has 2 nitrogen and oxygen atoms in total. The van der Waals surface area contributed by atoms with E-state index in [1.165, 1.54) is 94.9 Å². The maximum atomic E-state index is 2.44. The van der Waals surface area contributed by atoms with Crippen LogP contribution in [-0.2, 0) is 0 Å². The van der Waals surface area contributed by atoms with Gasteiger partial charge in [-0.1, -0.05) is 66.7 Å². The molecule has 3 aromatic heterocycles. The predicted molar refractivity (Wildman–Crippen MR) is 251 cm³/mol. The number of para-hydroxylation sites is 2. The second kappa shape index (κ2) is 13.5. The second-order valence-electron chi connectivity index (χ2n) is 14.9. The molecule has 0 bridgehead atoms. The summed E-state index contributed by atoms with van der Waals surface area (Å²) in [6, 6.07) is 76.1. The fourth-order valence-electron chi connectivity index (χ4n) is 8.89. The minimum absolute atomic E-state index is 0.367. The summed E-state index contributed by atoms with van der Waals surface area (Å²) in [6.07, 6.45) is 0. The maximum absolute atomic E-state index is 2.44. The summed E-state index contributed by atoms with van der Waals surface area (Å²) < 4.78 is 7.93. The Kier molecular flexibility index (Phi) is 7.77. The van der Waals surface area contributed by atoms with Crippen LogP contribution in [0, 0.1) is 0 Å². The molecule has 0 N–H and O–H groups in total. The van der Waals surface area contributed by atoms with Gasteiger partial charge in [-0.2, -0.15) is 0 Å². The van der Waals surface area contributed by atoms with E-state index >= 15 is 0 Å². The molecule has 3 heterocycles. The van der Waals surface area contributed by atoms with Gasteiger partial charge in [-0.25, -0.2) is 0 Å². The summed E-state index contributed by atoms with van der Waals surface area (Å²) in [4.78, 5) is 2.44. The number of anilines is 3. The van der Waals surface area contributed by atoms with Gasteiger partial charge in [-0.05, 0) is 47.5 Å². The average molecular weight is 822 g/mol. The Hall–Kier alpha value is -6.68. The van der Waals surface area contributed by atoms with Crippen LogP contribution < -0.4 is 4.90 Å². The van der Waals surface area contributed by atoms with Crippen molar-refractivity contribution in [3.8, 4) is 27.9 Å². The molecule has 0 spiro atoms. The molecule has 0 radical (unpaired) electrons. The first-order valence-corrected chi connectivity index (χ1v) is 22.2. The summed E-state index contributed by atoms with van der Waals surface area (Å²) in [6.45, 7) is 0. The van der Waals surface area contributed by atoms with E-state index in [9.17, 15) is 0 Å². The van der Waals surface area contributed by atoms with Crippen LogP contribution in [-0.4, -0.2) is 19.1 Å². The molecule has 0 aliphatic carbocycles. The van der Waals surface area contributed by atoms with E-state index in [1.54, 1.807) is 0 Å². The van der Waals surface area contributed by atoms with Crippen molar-refractivity contribution in [1.82, 2.24) is 4.57 Å². The van der Waals surface area contributed by atoms with E-state index in [4.69, 9.17) is 0 Å². The van der Waals surface area contributed by atoms with Crippen molar-refractivity contribution in [3.05, 3.63) is 206 Å². The van der Waals surface area contributed by atoms with Crippen LogP contribution in [0.1, 0.15) is 0 Å². The summed E-state index contributed by atoms with van der Waals surface area (Å²) in [5.41, 5.74) is 11.9. The molecule has 0 saturated heterocycles. The normalized spacial score (nSPS) is 11.8. The zero-order valence-electron chi connectivity index (χ0n) is 31.3. The minimum atomic E-state index is 0.367. The Morgan fingerprint density at radius 3 is 1.76 bits per heavy atom. The molecule has 0 atom stereocenters. The van der Waals surface area contributed by atoms with Crippen molar-refractivity contribution in [3.63, 3.8) is 0 Å². The van der Waals surface area contributed by atoms with Gasteiger partial charge in [-0.15, -0.1) is 11.3 Å². The van der Waals surface area contributed by atoms with E-state index < -0.39 is 0 Å². The molecule has 12 rings (SSSR count). The molecule has 0 saturated carbocycles. The number of hydrogen-bond donors (Lipinski definition) is 0. The van der Waals surface area contributed by atoms with Crippen LogP contribution in [0.4, 0.5) is 17.1 Å². The monoisotopic (exact) mass is 822 g/mol. The molecule has 0 aliphatic rings. The van der Waals surface area contributed by atoms with E-state index in [2.05, 4.69) is 216 Å². The smallest absolute Gasteiger partial charge is 0.0602 e. The first kappa shape index (κ1) is 33.5. The molecule has 12 aromatic rings. The average Bonchev–Trinajstić information content (AvgIpc) is 3.97. The van der Waals surface area contributed by atoms with Gasteiger partial charge in [0.25, 0.3) is 0 Å². The Balaban J connectivity index is 0.980. The number of hydrogen-bond acceptors (Lipinski definition) is 2. The van der Waals surface area contributed by atoms with Crippen LogP contribution >= 0.6 is 11.3 Å². The summed E-state index contributed by atoms with van der Waals surface area (Å²) in [7, 11) is 0. The van der Waals surface area contributed by atoms with E-state index in [0.29, 0.717) is 14.5 Å². The quantitative estimate of drug-likeness (QED) is 0.152. The Bertz CT molecular complexity index is 3500. The second-order valence-corrected chi connectivity index (χ2v) is 18.3. The summed E-state index contributed by atoms with van der Waals surface area (Å²) >= 11 is 2.23. The van der Waals surface area contributed by atoms with Gasteiger partial charge >= 0.3 is 185 Å². The number of rotatable bonds is 6. The van der Waals surface area contributed by atoms with Crippen molar-refractivity contribution in [2.24, 2.45) is 0 Å². The van der Waals surface area contributed by atoms with Gasteiger partial charge in [0.15, 0.2) is 0 Å². The summed E-state index contributed by atoms with van der Waals surface area (Å²) in [5, 5.41) is 7.88.